The van der Waals surface area contributed by atoms with Crippen LogP contribution in [0.25, 0.3) is 0 Å². The molecule has 1 aromatic heterocycles. The molecule has 2 nitrogen and oxygen atoms in total. The Labute approximate surface area is 86.8 Å². The number of aryl methyl sites for hydroxylation is 1. The van der Waals surface area contributed by atoms with Crippen molar-refractivity contribution in [3.63, 3.8) is 0 Å². The summed E-state index contributed by atoms with van der Waals surface area (Å²) in [5, 5.41) is 3.50. The van der Waals surface area contributed by atoms with E-state index >= 15 is 0 Å². The lowest BCUT2D eigenvalue weighted by molar-refractivity contribution is 0.507. The summed E-state index contributed by atoms with van der Waals surface area (Å²) >= 11 is 0. The predicted molar refractivity (Wildman–Crippen MR) is 60.2 cm³/mol. The Kier molecular flexibility index (Phi) is 4.60. The molecule has 78 valence electrons. The maximum absolute atomic E-state index is 4.13. The van der Waals surface area contributed by atoms with Crippen LogP contribution in [0, 0.1) is 6.92 Å². The van der Waals surface area contributed by atoms with Gasteiger partial charge < -0.3 is 5.32 Å². The Hall–Kier alpha value is -0.890. The molecule has 0 amide bonds. The van der Waals surface area contributed by atoms with Crippen molar-refractivity contribution in [2.75, 3.05) is 0 Å². The molecule has 0 aliphatic heterocycles. The second kappa shape index (κ2) is 5.76. The van der Waals surface area contributed by atoms with E-state index in [9.17, 15) is 0 Å². The number of nitrogens with one attached hydrogen (secondary N) is 1. The average Bonchev–Trinajstić information content (AvgIpc) is 2.17. The first-order valence-electron chi connectivity index (χ1n) is 5.37. The fourth-order valence-electron chi connectivity index (χ4n) is 1.50. The van der Waals surface area contributed by atoms with Crippen molar-refractivity contribution in [2.24, 2.45) is 0 Å². The van der Waals surface area contributed by atoms with E-state index in [-0.39, 0.29) is 0 Å². The van der Waals surface area contributed by atoms with Crippen molar-refractivity contribution in [2.45, 2.75) is 46.2 Å². The summed E-state index contributed by atoms with van der Waals surface area (Å²) in [4.78, 5) is 4.13. The van der Waals surface area contributed by atoms with Crippen LogP contribution in [-0.4, -0.2) is 11.0 Å². The van der Waals surface area contributed by atoms with Crippen LogP contribution >= 0.6 is 0 Å². The van der Waals surface area contributed by atoms with E-state index in [1.54, 1.807) is 0 Å². The minimum Gasteiger partial charge on any atom is -0.310 e. The number of pyridine rings is 1. The van der Waals surface area contributed by atoms with Crippen LogP contribution < -0.4 is 5.32 Å². The van der Waals surface area contributed by atoms with Crippen molar-refractivity contribution in [3.8, 4) is 0 Å². The van der Waals surface area contributed by atoms with Crippen LogP contribution in [0.2, 0.25) is 0 Å². The lowest BCUT2D eigenvalue weighted by atomic mass is 10.1. The molecule has 0 aromatic carbocycles. The fourth-order valence-corrected chi connectivity index (χ4v) is 1.50. The smallest absolute Gasteiger partial charge is 0.0315 e. The van der Waals surface area contributed by atoms with Gasteiger partial charge in [-0.1, -0.05) is 13.3 Å². The molecule has 1 heterocycles. The molecule has 14 heavy (non-hydrogen) atoms. The summed E-state index contributed by atoms with van der Waals surface area (Å²) in [6.07, 6.45) is 6.26. The van der Waals surface area contributed by atoms with Gasteiger partial charge in [-0.3, -0.25) is 4.98 Å². The second-order valence-corrected chi connectivity index (χ2v) is 3.87. The average molecular weight is 192 g/mol. The molecule has 0 fully saturated rings. The van der Waals surface area contributed by atoms with Gasteiger partial charge >= 0.3 is 0 Å². The van der Waals surface area contributed by atoms with Crippen molar-refractivity contribution in [1.29, 1.82) is 0 Å². The van der Waals surface area contributed by atoms with E-state index in [1.165, 1.54) is 24.0 Å². The standard InChI is InChI=1S/C12H20N2/c1-4-5-11(3)14-9-12-8-13-7-6-10(12)2/h6-8,11,14H,4-5,9H2,1-3H3. The van der Waals surface area contributed by atoms with Gasteiger partial charge in [-0.05, 0) is 37.5 Å². The zero-order valence-corrected chi connectivity index (χ0v) is 9.38. The van der Waals surface area contributed by atoms with E-state index < -0.39 is 0 Å². The van der Waals surface area contributed by atoms with Gasteiger partial charge in [-0.15, -0.1) is 0 Å². The highest BCUT2D eigenvalue weighted by atomic mass is 14.9. The highest BCUT2D eigenvalue weighted by Crippen LogP contribution is 2.05. The molecule has 0 bridgehead atoms. The molecule has 0 spiro atoms. The molecule has 0 aliphatic rings. The van der Waals surface area contributed by atoms with Crippen molar-refractivity contribution >= 4 is 0 Å². The molecule has 1 atom stereocenters. The Bertz CT molecular complexity index is 271. The maximum atomic E-state index is 4.13. The zero-order valence-electron chi connectivity index (χ0n) is 9.38. The molecule has 1 N–H and O–H groups in total. The molecule has 0 saturated carbocycles. The fraction of sp³-hybridized carbons (Fsp3) is 0.583. The Balaban J connectivity index is 2.41. The molecule has 1 rings (SSSR count). The van der Waals surface area contributed by atoms with Crippen LogP contribution in [0.5, 0.6) is 0 Å². The Morgan fingerprint density at radius 3 is 2.93 bits per heavy atom. The lowest BCUT2D eigenvalue weighted by Crippen LogP contribution is -2.25. The summed E-state index contributed by atoms with van der Waals surface area (Å²) < 4.78 is 0. The Morgan fingerprint density at radius 1 is 1.50 bits per heavy atom. The molecule has 1 unspecified atom stereocenters. The van der Waals surface area contributed by atoms with Crippen LogP contribution in [0.4, 0.5) is 0 Å². The molecule has 2 heteroatoms. The van der Waals surface area contributed by atoms with Crippen LogP contribution in [-0.2, 0) is 6.54 Å². The molecule has 0 radical (unpaired) electrons. The van der Waals surface area contributed by atoms with Crippen molar-refractivity contribution in [1.82, 2.24) is 10.3 Å². The predicted octanol–water partition coefficient (Wildman–Crippen LogP) is 2.67. The van der Waals surface area contributed by atoms with Gasteiger partial charge in [0.25, 0.3) is 0 Å². The molecule has 0 saturated heterocycles. The van der Waals surface area contributed by atoms with E-state index in [4.69, 9.17) is 0 Å². The summed E-state index contributed by atoms with van der Waals surface area (Å²) in [7, 11) is 0. The summed E-state index contributed by atoms with van der Waals surface area (Å²) in [5.41, 5.74) is 2.62. The number of hydrogen-bond donors (Lipinski definition) is 1. The van der Waals surface area contributed by atoms with E-state index in [0.717, 1.165) is 6.54 Å². The summed E-state index contributed by atoms with van der Waals surface area (Å²) in [6, 6.07) is 2.65. The third-order valence-corrected chi connectivity index (χ3v) is 2.51. The van der Waals surface area contributed by atoms with Crippen molar-refractivity contribution in [3.05, 3.63) is 29.6 Å². The van der Waals surface area contributed by atoms with Gasteiger partial charge in [-0.25, -0.2) is 0 Å². The minimum absolute atomic E-state index is 0.597. The molecule has 1 aromatic rings. The molecular weight excluding hydrogens is 172 g/mol. The van der Waals surface area contributed by atoms with E-state index in [2.05, 4.69) is 37.1 Å². The third kappa shape index (κ3) is 3.46. The summed E-state index contributed by atoms with van der Waals surface area (Å²) in [5.74, 6) is 0. The molecule has 0 aliphatic carbocycles. The highest BCUT2D eigenvalue weighted by molar-refractivity contribution is 5.21. The monoisotopic (exact) mass is 192 g/mol. The van der Waals surface area contributed by atoms with Gasteiger partial charge in [-0.2, -0.15) is 0 Å². The van der Waals surface area contributed by atoms with Gasteiger partial charge in [0.15, 0.2) is 0 Å². The zero-order chi connectivity index (χ0) is 10.4. The third-order valence-electron chi connectivity index (χ3n) is 2.51. The topological polar surface area (TPSA) is 24.9 Å². The Morgan fingerprint density at radius 2 is 2.29 bits per heavy atom. The van der Waals surface area contributed by atoms with Gasteiger partial charge in [0.1, 0.15) is 0 Å². The summed E-state index contributed by atoms with van der Waals surface area (Å²) in [6.45, 7) is 7.51. The SMILES string of the molecule is CCCC(C)NCc1cnccc1C. The first-order valence-corrected chi connectivity index (χ1v) is 5.37. The van der Waals surface area contributed by atoms with Gasteiger partial charge in [0.2, 0.25) is 0 Å². The van der Waals surface area contributed by atoms with Crippen LogP contribution in [0.3, 0.4) is 0 Å². The van der Waals surface area contributed by atoms with Crippen LogP contribution in [0.1, 0.15) is 37.8 Å². The highest BCUT2D eigenvalue weighted by Gasteiger charge is 2.01. The van der Waals surface area contributed by atoms with Gasteiger partial charge in [0.05, 0.1) is 0 Å². The van der Waals surface area contributed by atoms with Crippen molar-refractivity contribution < 1.29 is 0 Å². The van der Waals surface area contributed by atoms with Gasteiger partial charge in [0, 0.05) is 25.0 Å². The number of aromatic nitrogens is 1. The van der Waals surface area contributed by atoms with E-state index in [0.29, 0.717) is 6.04 Å². The first-order chi connectivity index (χ1) is 6.74. The first kappa shape index (κ1) is 11.2. The number of hydrogen-bond acceptors (Lipinski definition) is 2. The second-order valence-electron chi connectivity index (χ2n) is 3.87. The minimum atomic E-state index is 0.597. The maximum Gasteiger partial charge on any atom is 0.0315 e. The normalized spacial score (nSPS) is 12.8. The lowest BCUT2D eigenvalue weighted by Gasteiger charge is -2.13. The quantitative estimate of drug-likeness (QED) is 0.775. The largest absolute Gasteiger partial charge is 0.310 e. The van der Waals surface area contributed by atoms with Crippen LogP contribution in [0.15, 0.2) is 18.5 Å². The molecular formula is C12H20N2. The van der Waals surface area contributed by atoms with E-state index in [1.807, 2.05) is 12.4 Å². The number of nitrogens with zero attached hydrogens (tertiary/aromatic N) is 1. The number of rotatable bonds is 5.